The number of hydrogen-bond acceptors (Lipinski definition) is 6. The van der Waals surface area contributed by atoms with Gasteiger partial charge < -0.3 is 21.5 Å². The lowest BCUT2D eigenvalue weighted by Gasteiger charge is -2.10. The van der Waals surface area contributed by atoms with Gasteiger partial charge in [0.2, 0.25) is 5.91 Å². The molecule has 1 aromatic carbocycles. The molecule has 2 unspecified atom stereocenters. The van der Waals surface area contributed by atoms with Gasteiger partial charge in [-0.15, -0.1) is 11.3 Å². The van der Waals surface area contributed by atoms with Crippen molar-refractivity contribution in [3.8, 4) is 0 Å². The number of aromatic nitrogens is 1. The number of nitrogens with two attached hydrogens (primary N) is 1. The van der Waals surface area contributed by atoms with Crippen molar-refractivity contribution in [1.82, 2.24) is 10.3 Å². The lowest BCUT2D eigenvalue weighted by molar-refractivity contribution is -0.115. The van der Waals surface area contributed by atoms with Gasteiger partial charge in [0.05, 0.1) is 18.2 Å². The fraction of sp³-hybridized carbons (Fsp3) is 0.273. The number of nitrogens with one attached hydrogen (secondary N) is 2. The van der Waals surface area contributed by atoms with E-state index < -0.39 is 6.10 Å². The zero-order chi connectivity index (χ0) is 20.2. The Morgan fingerprint density at radius 3 is 2.79 bits per heavy atom. The summed E-state index contributed by atoms with van der Waals surface area (Å²) in [5, 5.41) is 18.8. The SMILES string of the molecule is Nc1nc(CC(=O)Nc2ccc(CCNCC(O)C3=C4C=CC=CC43)cc2)cs1. The van der Waals surface area contributed by atoms with Crippen LogP contribution in [0.1, 0.15) is 11.3 Å². The first-order chi connectivity index (χ1) is 14.1. The summed E-state index contributed by atoms with van der Waals surface area (Å²) in [6, 6.07) is 7.81. The Kier molecular flexibility index (Phi) is 5.89. The second-order valence-electron chi connectivity index (χ2n) is 7.20. The van der Waals surface area contributed by atoms with E-state index in [1.165, 1.54) is 22.5 Å². The van der Waals surface area contributed by atoms with Gasteiger partial charge in [-0.25, -0.2) is 4.98 Å². The number of carbonyl (C=O) groups excluding carboxylic acids is 1. The van der Waals surface area contributed by atoms with E-state index in [0.717, 1.165) is 24.2 Å². The molecule has 5 N–H and O–H groups in total. The molecule has 1 heterocycles. The fourth-order valence-electron chi connectivity index (χ4n) is 3.53. The number of thiazole rings is 1. The second-order valence-corrected chi connectivity index (χ2v) is 8.09. The molecule has 0 fully saturated rings. The smallest absolute Gasteiger partial charge is 0.230 e. The number of amides is 1. The van der Waals surface area contributed by atoms with E-state index in [2.05, 4.69) is 27.8 Å². The number of hydrogen-bond donors (Lipinski definition) is 4. The van der Waals surface area contributed by atoms with Crippen LogP contribution >= 0.6 is 11.3 Å². The minimum absolute atomic E-state index is 0.112. The average molecular weight is 409 g/mol. The molecule has 0 bridgehead atoms. The molecule has 0 aliphatic heterocycles. The third kappa shape index (κ3) is 5.00. The molecule has 6 nitrogen and oxygen atoms in total. The molecule has 2 aliphatic rings. The molecule has 2 aliphatic carbocycles. The Balaban J connectivity index is 1.17. The maximum Gasteiger partial charge on any atom is 0.230 e. The molecule has 1 aromatic heterocycles. The maximum atomic E-state index is 12.1. The zero-order valence-corrected chi connectivity index (χ0v) is 16.8. The van der Waals surface area contributed by atoms with Gasteiger partial charge in [0.15, 0.2) is 5.13 Å². The second kappa shape index (κ2) is 8.73. The van der Waals surface area contributed by atoms with Crippen molar-refractivity contribution in [3.63, 3.8) is 0 Å². The number of allylic oxidation sites excluding steroid dienone is 5. The van der Waals surface area contributed by atoms with Crippen LogP contribution in [0.25, 0.3) is 0 Å². The predicted octanol–water partition coefficient (Wildman–Crippen LogP) is 2.45. The number of benzene rings is 1. The minimum atomic E-state index is -0.423. The molecular formula is C22H24N4O2S. The Morgan fingerprint density at radius 2 is 2.10 bits per heavy atom. The van der Waals surface area contributed by atoms with Gasteiger partial charge in [-0.2, -0.15) is 0 Å². The van der Waals surface area contributed by atoms with E-state index >= 15 is 0 Å². The van der Waals surface area contributed by atoms with Crippen LogP contribution in [0.4, 0.5) is 10.8 Å². The third-order valence-electron chi connectivity index (χ3n) is 5.05. The minimum Gasteiger partial charge on any atom is -0.387 e. The van der Waals surface area contributed by atoms with Gasteiger partial charge in [0, 0.05) is 23.5 Å². The highest BCUT2D eigenvalue weighted by atomic mass is 32.1. The standard InChI is InChI=1S/C22H24N4O2S/c23-22-26-16(13-29-22)11-20(28)25-15-7-5-14(6-8-15)9-10-24-12-19(27)21-17-3-1-2-4-18(17)21/h1-8,13,17,19,24,27H,9-12H2,(H2,23,26)(H,25,28). The number of aliphatic hydroxyl groups excluding tert-OH is 1. The molecule has 1 amide bonds. The molecular weight excluding hydrogens is 384 g/mol. The molecule has 150 valence electrons. The Hall–Kier alpha value is -2.74. The summed E-state index contributed by atoms with van der Waals surface area (Å²) in [4.78, 5) is 16.2. The zero-order valence-electron chi connectivity index (χ0n) is 16.0. The van der Waals surface area contributed by atoms with Crippen LogP contribution in [0.3, 0.4) is 0 Å². The van der Waals surface area contributed by atoms with Crippen molar-refractivity contribution in [3.05, 3.63) is 76.4 Å². The van der Waals surface area contributed by atoms with Gasteiger partial charge in [-0.05, 0) is 41.8 Å². The molecule has 0 spiro atoms. The number of nitrogen functional groups attached to an aromatic ring is 1. The van der Waals surface area contributed by atoms with Crippen molar-refractivity contribution in [2.24, 2.45) is 5.92 Å². The van der Waals surface area contributed by atoms with Crippen molar-refractivity contribution in [1.29, 1.82) is 0 Å². The summed E-state index contributed by atoms with van der Waals surface area (Å²) in [5.41, 5.74) is 10.6. The van der Waals surface area contributed by atoms with E-state index in [-0.39, 0.29) is 12.3 Å². The summed E-state index contributed by atoms with van der Waals surface area (Å²) < 4.78 is 0. The maximum absolute atomic E-state index is 12.1. The van der Waals surface area contributed by atoms with Crippen molar-refractivity contribution < 1.29 is 9.90 Å². The first-order valence-corrected chi connectivity index (χ1v) is 10.5. The first kappa shape index (κ1) is 19.6. The molecule has 2 atom stereocenters. The summed E-state index contributed by atoms with van der Waals surface area (Å²) in [5.74, 6) is 0.242. The van der Waals surface area contributed by atoms with Gasteiger partial charge in [0.25, 0.3) is 0 Å². The molecule has 7 heteroatoms. The quantitative estimate of drug-likeness (QED) is 0.478. The van der Waals surface area contributed by atoms with Crippen LogP contribution in [0.5, 0.6) is 0 Å². The molecule has 4 rings (SSSR count). The number of nitrogens with zero attached hydrogens (tertiary/aromatic N) is 1. The van der Waals surface area contributed by atoms with E-state index in [9.17, 15) is 9.90 Å². The lowest BCUT2D eigenvalue weighted by Crippen LogP contribution is -2.28. The number of carbonyl (C=O) groups is 1. The van der Waals surface area contributed by atoms with E-state index in [4.69, 9.17) is 5.73 Å². The van der Waals surface area contributed by atoms with Crippen LogP contribution in [0.15, 0.2) is 65.1 Å². The van der Waals surface area contributed by atoms with E-state index in [1.54, 1.807) is 5.38 Å². The summed E-state index contributed by atoms with van der Waals surface area (Å²) >= 11 is 1.33. The van der Waals surface area contributed by atoms with Gasteiger partial charge >= 0.3 is 0 Å². The van der Waals surface area contributed by atoms with E-state index in [0.29, 0.717) is 23.3 Å². The number of rotatable bonds is 9. The number of fused-ring (bicyclic) bond motifs is 1. The highest BCUT2D eigenvalue weighted by molar-refractivity contribution is 7.13. The van der Waals surface area contributed by atoms with Crippen LogP contribution < -0.4 is 16.4 Å². The molecule has 29 heavy (non-hydrogen) atoms. The van der Waals surface area contributed by atoms with Gasteiger partial charge in [-0.3, -0.25) is 4.79 Å². The third-order valence-corrected chi connectivity index (χ3v) is 5.77. The Morgan fingerprint density at radius 1 is 1.28 bits per heavy atom. The predicted molar refractivity (Wildman–Crippen MR) is 117 cm³/mol. The van der Waals surface area contributed by atoms with Gasteiger partial charge in [0.1, 0.15) is 0 Å². The van der Waals surface area contributed by atoms with Crippen LogP contribution in [-0.4, -0.2) is 35.2 Å². The van der Waals surface area contributed by atoms with Crippen LogP contribution in [-0.2, 0) is 17.6 Å². The molecule has 2 aromatic rings. The van der Waals surface area contributed by atoms with Crippen LogP contribution in [0.2, 0.25) is 0 Å². The van der Waals surface area contributed by atoms with Crippen molar-refractivity contribution in [2.75, 3.05) is 24.1 Å². The average Bonchev–Trinajstić information content (AvgIpc) is 3.32. The molecule has 0 saturated carbocycles. The largest absolute Gasteiger partial charge is 0.387 e. The lowest BCUT2D eigenvalue weighted by atomic mass is 10.1. The van der Waals surface area contributed by atoms with Gasteiger partial charge in [-0.1, -0.05) is 36.4 Å². The number of aliphatic hydroxyl groups is 1. The van der Waals surface area contributed by atoms with Crippen molar-refractivity contribution in [2.45, 2.75) is 18.9 Å². The first-order valence-electron chi connectivity index (χ1n) is 9.66. The van der Waals surface area contributed by atoms with Crippen LogP contribution in [0, 0.1) is 5.92 Å². The summed E-state index contributed by atoms with van der Waals surface area (Å²) in [7, 11) is 0. The fourth-order valence-corrected chi connectivity index (χ4v) is 4.09. The van der Waals surface area contributed by atoms with E-state index in [1.807, 2.05) is 36.4 Å². The monoisotopic (exact) mass is 408 g/mol. The highest BCUT2D eigenvalue weighted by Crippen LogP contribution is 2.45. The molecule has 0 radical (unpaired) electrons. The molecule has 0 saturated heterocycles. The topological polar surface area (TPSA) is 100 Å². The summed E-state index contributed by atoms with van der Waals surface area (Å²) in [6.07, 6.45) is 8.90. The van der Waals surface area contributed by atoms with Crippen molar-refractivity contribution >= 4 is 28.1 Å². The Bertz CT molecular complexity index is 975. The number of anilines is 2. The highest BCUT2D eigenvalue weighted by Gasteiger charge is 2.37. The Labute approximate surface area is 173 Å². The summed E-state index contributed by atoms with van der Waals surface area (Å²) in [6.45, 7) is 1.35. The normalized spacial score (nSPS) is 17.9.